The summed E-state index contributed by atoms with van der Waals surface area (Å²) in [5, 5.41) is 10.8. The van der Waals surface area contributed by atoms with Crippen LogP contribution in [0.5, 0.6) is 0 Å². The summed E-state index contributed by atoms with van der Waals surface area (Å²) in [5.41, 5.74) is 3.70. The highest BCUT2D eigenvalue weighted by Crippen LogP contribution is 2.24. The van der Waals surface area contributed by atoms with E-state index in [1.54, 1.807) is 0 Å². The molecule has 0 spiro atoms. The summed E-state index contributed by atoms with van der Waals surface area (Å²) < 4.78 is 4.37. The molecule has 0 aromatic heterocycles. The fraction of sp³-hybridized carbons (Fsp3) is 0.111. The van der Waals surface area contributed by atoms with Crippen molar-refractivity contribution < 1.29 is 19.2 Å². The number of nitrogens with zero attached hydrogens (tertiary/aromatic N) is 1. The summed E-state index contributed by atoms with van der Waals surface area (Å²) in [5.74, 6) is -1.87. The van der Waals surface area contributed by atoms with Crippen LogP contribution in [0.25, 0.3) is 0 Å². The smallest absolute Gasteiger partial charge is 0.344 e. The van der Waals surface area contributed by atoms with Crippen molar-refractivity contribution in [2.24, 2.45) is 5.73 Å². The number of rotatable bonds is 3. The zero-order valence-electron chi connectivity index (χ0n) is 8.30. The number of methoxy groups -OCH3 is 1. The highest BCUT2D eigenvalue weighted by Gasteiger charge is 2.27. The average Bonchev–Trinajstić information content (AvgIpc) is 2.26. The number of nitrogens with two attached hydrogens (primary N) is 1. The predicted octanol–water partition coefficient (Wildman–Crippen LogP) is 0.480. The van der Waals surface area contributed by atoms with Crippen molar-refractivity contribution in [2.45, 2.75) is 0 Å². The molecule has 1 aromatic carbocycles. The van der Waals surface area contributed by atoms with Gasteiger partial charge >= 0.3 is 5.97 Å². The Kier molecular flexibility index (Phi) is 3.19. The van der Waals surface area contributed by atoms with Gasteiger partial charge in [0.15, 0.2) is 0 Å². The molecule has 0 unspecified atom stereocenters. The summed E-state index contributed by atoms with van der Waals surface area (Å²) in [6.07, 6.45) is 0. The van der Waals surface area contributed by atoms with Crippen LogP contribution >= 0.6 is 0 Å². The quantitative estimate of drug-likeness (QED) is 0.455. The number of benzene rings is 1. The van der Waals surface area contributed by atoms with Crippen molar-refractivity contribution in [3.8, 4) is 0 Å². The molecule has 0 bridgehead atoms. The number of amides is 1. The van der Waals surface area contributed by atoms with Gasteiger partial charge in [-0.2, -0.15) is 0 Å². The van der Waals surface area contributed by atoms with Gasteiger partial charge in [0.25, 0.3) is 11.6 Å². The second-order valence-corrected chi connectivity index (χ2v) is 2.81. The first-order chi connectivity index (χ1) is 7.49. The first kappa shape index (κ1) is 11.6. The van der Waals surface area contributed by atoms with E-state index in [1.165, 1.54) is 18.2 Å². The Morgan fingerprint density at radius 2 is 1.94 bits per heavy atom. The Morgan fingerprint density at radius 3 is 2.38 bits per heavy atom. The van der Waals surface area contributed by atoms with Crippen LogP contribution in [0.3, 0.4) is 0 Å². The Labute approximate surface area is 90.0 Å². The van der Waals surface area contributed by atoms with Gasteiger partial charge in [0.05, 0.1) is 12.0 Å². The highest BCUT2D eigenvalue weighted by molar-refractivity contribution is 6.03. The van der Waals surface area contributed by atoms with E-state index in [4.69, 9.17) is 5.73 Å². The lowest BCUT2D eigenvalue weighted by molar-refractivity contribution is -0.385. The molecule has 0 fully saturated rings. The van der Waals surface area contributed by atoms with Gasteiger partial charge in [0.2, 0.25) is 0 Å². The number of carbonyl (C=O) groups is 2. The topological polar surface area (TPSA) is 113 Å². The maximum atomic E-state index is 11.2. The molecule has 1 rings (SSSR count). The summed E-state index contributed by atoms with van der Waals surface area (Å²) in [4.78, 5) is 32.1. The second kappa shape index (κ2) is 4.39. The van der Waals surface area contributed by atoms with E-state index < -0.39 is 22.5 Å². The molecule has 0 aliphatic rings. The first-order valence-electron chi connectivity index (χ1n) is 4.14. The molecule has 2 N–H and O–H groups in total. The van der Waals surface area contributed by atoms with E-state index >= 15 is 0 Å². The number of hydrogen-bond donors (Lipinski definition) is 1. The van der Waals surface area contributed by atoms with E-state index in [-0.39, 0.29) is 11.1 Å². The van der Waals surface area contributed by atoms with Crippen molar-refractivity contribution in [1.29, 1.82) is 0 Å². The molecule has 0 radical (unpaired) electrons. The van der Waals surface area contributed by atoms with E-state index in [0.717, 1.165) is 7.11 Å². The van der Waals surface area contributed by atoms with E-state index in [1.807, 2.05) is 0 Å². The van der Waals surface area contributed by atoms with E-state index in [2.05, 4.69) is 4.74 Å². The second-order valence-electron chi connectivity index (χ2n) is 2.81. The van der Waals surface area contributed by atoms with Crippen LogP contribution in [0.2, 0.25) is 0 Å². The summed E-state index contributed by atoms with van der Waals surface area (Å²) in [6, 6.07) is 3.68. The number of para-hydroxylation sites is 1. The van der Waals surface area contributed by atoms with Crippen LogP contribution in [0.4, 0.5) is 5.69 Å². The minimum Gasteiger partial charge on any atom is -0.465 e. The molecule has 7 heteroatoms. The molecular formula is C9H8N2O5. The maximum absolute atomic E-state index is 11.2. The van der Waals surface area contributed by atoms with Gasteiger partial charge in [-0.05, 0) is 12.1 Å². The lowest BCUT2D eigenvalue weighted by atomic mass is 10.1. The minimum absolute atomic E-state index is 0.302. The van der Waals surface area contributed by atoms with Gasteiger partial charge in [0, 0.05) is 0 Å². The van der Waals surface area contributed by atoms with Crippen LogP contribution in [0, 0.1) is 10.1 Å². The van der Waals surface area contributed by atoms with Gasteiger partial charge in [-0.25, -0.2) is 4.79 Å². The molecule has 0 aliphatic carbocycles. The number of nitro benzene ring substituents is 1. The highest BCUT2D eigenvalue weighted by atomic mass is 16.6. The fourth-order valence-corrected chi connectivity index (χ4v) is 1.21. The predicted molar refractivity (Wildman–Crippen MR) is 53.0 cm³/mol. The molecule has 0 aliphatic heterocycles. The molecule has 1 amide bonds. The van der Waals surface area contributed by atoms with Crippen LogP contribution in [-0.4, -0.2) is 23.9 Å². The normalized spacial score (nSPS) is 9.56. The summed E-state index contributed by atoms with van der Waals surface area (Å²) >= 11 is 0. The van der Waals surface area contributed by atoms with Crippen molar-refractivity contribution in [1.82, 2.24) is 0 Å². The largest absolute Gasteiger partial charge is 0.465 e. The lowest BCUT2D eigenvalue weighted by Crippen LogP contribution is -2.16. The van der Waals surface area contributed by atoms with Crippen molar-refractivity contribution in [2.75, 3.05) is 7.11 Å². The van der Waals surface area contributed by atoms with Gasteiger partial charge in [-0.15, -0.1) is 0 Å². The monoisotopic (exact) mass is 224 g/mol. The number of carbonyl (C=O) groups excluding carboxylic acids is 2. The van der Waals surface area contributed by atoms with Crippen LogP contribution < -0.4 is 5.73 Å². The third-order valence-electron chi connectivity index (χ3n) is 1.89. The zero-order valence-corrected chi connectivity index (χ0v) is 8.30. The zero-order chi connectivity index (χ0) is 12.3. The van der Waals surface area contributed by atoms with E-state index in [0.29, 0.717) is 0 Å². The molecule has 7 nitrogen and oxygen atoms in total. The number of nitro groups is 1. The Bertz CT molecular complexity index is 469. The average molecular weight is 224 g/mol. The summed E-state index contributed by atoms with van der Waals surface area (Å²) in [6.45, 7) is 0. The number of primary amides is 1. The van der Waals surface area contributed by atoms with Crippen molar-refractivity contribution in [3.05, 3.63) is 39.4 Å². The Hall–Kier alpha value is -2.44. The third kappa shape index (κ3) is 1.97. The standard InChI is InChI=1S/C9H8N2O5/c1-16-9(13)6-4-2-3-5(8(10)12)7(6)11(14)15/h2-4H,1H3,(H2,10,12). The molecule has 1 aromatic rings. The Morgan fingerprint density at radius 1 is 1.38 bits per heavy atom. The van der Waals surface area contributed by atoms with Crippen molar-refractivity contribution >= 4 is 17.6 Å². The Balaban J connectivity index is 3.51. The number of ether oxygens (including phenoxy) is 1. The number of hydrogen-bond acceptors (Lipinski definition) is 5. The molecule has 16 heavy (non-hydrogen) atoms. The van der Waals surface area contributed by atoms with E-state index in [9.17, 15) is 19.7 Å². The molecule has 0 saturated heterocycles. The first-order valence-corrected chi connectivity index (χ1v) is 4.14. The molecule has 0 atom stereocenters. The lowest BCUT2D eigenvalue weighted by Gasteiger charge is -2.03. The third-order valence-corrected chi connectivity index (χ3v) is 1.89. The fourth-order valence-electron chi connectivity index (χ4n) is 1.21. The van der Waals surface area contributed by atoms with Crippen LogP contribution in [-0.2, 0) is 4.74 Å². The molecular weight excluding hydrogens is 216 g/mol. The van der Waals surface area contributed by atoms with Crippen LogP contribution in [0.15, 0.2) is 18.2 Å². The maximum Gasteiger partial charge on any atom is 0.344 e. The molecule has 84 valence electrons. The van der Waals surface area contributed by atoms with Gasteiger partial charge in [-0.1, -0.05) is 6.07 Å². The van der Waals surface area contributed by atoms with Gasteiger partial charge in [-0.3, -0.25) is 14.9 Å². The van der Waals surface area contributed by atoms with Gasteiger partial charge < -0.3 is 10.5 Å². The molecule has 0 heterocycles. The number of esters is 1. The summed E-state index contributed by atoms with van der Waals surface area (Å²) in [7, 11) is 1.09. The van der Waals surface area contributed by atoms with Crippen molar-refractivity contribution in [3.63, 3.8) is 0 Å². The van der Waals surface area contributed by atoms with Crippen LogP contribution in [0.1, 0.15) is 20.7 Å². The molecule has 0 saturated carbocycles. The SMILES string of the molecule is COC(=O)c1cccc(C(N)=O)c1[N+](=O)[O-]. The van der Waals surface area contributed by atoms with Gasteiger partial charge in [0.1, 0.15) is 11.1 Å². The minimum atomic E-state index is -0.975.